The molecular weight excluding hydrogens is 286 g/mol. The highest BCUT2D eigenvalue weighted by Gasteiger charge is 2.24. The van der Waals surface area contributed by atoms with Crippen molar-refractivity contribution in [1.82, 2.24) is 20.0 Å². The van der Waals surface area contributed by atoms with Gasteiger partial charge in [0.25, 0.3) is 0 Å². The fraction of sp³-hybridized carbons (Fsp3) is 0.611. The number of rotatable bonds is 2. The summed E-state index contributed by atoms with van der Waals surface area (Å²) in [7, 11) is 6.31. The molecule has 0 aliphatic carbocycles. The van der Waals surface area contributed by atoms with Gasteiger partial charge in [0.05, 0.1) is 0 Å². The summed E-state index contributed by atoms with van der Waals surface area (Å²) in [6, 6.07) is 9.29. The van der Waals surface area contributed by atoms with Gasteiger partial charge >= 0.3 is 0 Å². The topological polar surface area (TPSA) is 34.1 Å². The van der Waals surface area contributed by atoms with Gasteiger partial charge in [-0.25, -0.2) is 0 Å². The first kappa shape index (κ1) is 16.3. The van der Waals surface area contributed by atoms with Crippen LogP contribution >= 0.6 is 0 Å². The zero-order chi connectivity index (χ0) is 16.2. The largest absolute Gasteiger partial charge is 0.355 e. The second-order valence-electron chi connectivity index (χ2n) is 6.77. The number of hydrogen-bond acceptors (Lipinski definition) is 3. The predicted molar refractivity (Wildman–Crippen MR) is 95.8 cm³/mol. The van der Waals surface area contributed by atoms with E-state index in [2.05, 4.69) is 63.4 Å². The van der Waals surface area contributed by atoms with Gasteiger partial charge in [-0.05, 0) is 31.6 Å². The van der Waals surface area contributed by atoms with Crippen molar-refractivity contribution in [3.63, 3.8) is 0 Å². The van der Waals surface area contributed by atoms with Crippen molar-refractivity contribution in [3.05, 3.63) is 35.4 Å². The molecule has 2 aliphatic heterocycles. The maximum atomic E-state index is 4.51. The molecule has 23 heavy (non-hydrogen) atoms. The summed E-state index contributed by atoms with van der Waals surface area (Å²) in [6.07, 6.45) is 1.10. The van der Waals surface area contributed by atoms with E-state index in [1.807, 2.05) is 7.05 Å². The monoisotopic (exact) mass is 315 g/mol. The number of benzene rings is 1. The molecule has 0 spiro atoms. The summed E-state index contributed by atoms with van der Waals surface area (Å²) in [6.45, 7) is 6.35. The van der Waals surface area contributed by atoms with Crippen LogP contribution in [0.1, 0.15) is 11.1 Å². The standard InChI is InChI=1S/C18H29N5/c1-19-18(20-12-17-14-21(2)10-11-22(17)3)23-9-8-15-6-4-5-7-16(15)13-23/h4-7,17H,8-14H2,1-3H3,(H,19,20). The quantitative estimate of drug-likeness (QED) is 0.649. The maximum Gasteiger partial charge on any atom is 0.194 e. The normalized spacial score (nSPS) is 23.7. The Morgan fingerprint density at radius 2 is 1.96 bits per heavy atom. The van der Waals surface area contributed by atoms with Crippen molar-refractivity contribution in [3.8, 4) is 0 Å². The van der Waals surface area contributed by atoms with E-state index in [0.717, 1.165) is 51.6 Å². The first-order chi connectivity index (χ1) is 11.2. The van der Waals surface area contributed by atoms with Gasteiger partial charge in [0, 0.05) is 52.4 Å². The molecule has 126 valence electrons. The fourth-order valence-electron chi connectivity index (χ4n) is 3.54. The fourth-order valence-corrected chi connectivity index (χ4v) is 3.54. The van der Waals surface area contributed by atoms with Crippen LogP contribution in [0.4, 0.5) is 0 Å². The Morgan fingerprint density at radius 3 is 2.74 bits per heavy atom. The molecule has 0 aromatic heterocycles. The number of guanidine groups is 1. The van der Waals surface area contributed by atoms with Crippen molar-refractivity contribution in [2.45, 2.75) is 19.0 Å². The van der Waals surface area contributed by atoms with Gasteiger partial charge in [0.15, 0.2) is 5.96 Å². The van der Waals surface area contributed by atoms with E-state index < -0.39 is 0 Å². The summed E-state index contributed by atoms with van der Waals surface area (Å²) in [5.74, 6) is 1.03. The highest BCUT2D eigenvalue weighted by Crippen LogP contribution is 2.18. The smallest absolute Gasteiger partial charge is 0.194 e. The average molecular weight is 315 g/mol. The van der Waals surface area contributed by atoms with Crippen LogP contribution in [0.5, 0.6) is 0 Å². The lowest BCUT2D eigenvalue weighted by Gasteiger charge is -2.39. The number of piperazine rings is 1. The second kappa shape index (κ2) is 7.32. The molecular formula is C18H29N5. The number of likely N-dealkylation sites (N-methyl/N-ethyl adjacent to an activating group) is 2. The lowest BCUT2D eigenvalue weighted by Crippen LogP contribution is -2.56. The summed E-state index contributed by atoms with van der Waals surface area (Å²) in [5, 5.41) is 3.60. The molecule has 1 saturated heterocycles. The lowest BCUT2D eigenvalue weighted by molar-refractivity contribution is 0.116. The molecule has 5 nitrogen and oxygen atoms in total. The van der Waals surface area contributed by atoms with Crippen LogP contribution < -0.4 is 5.32 Å². The van der Waals surface area contributed by atoms with Gasteiger partial charge in [0.2, 0.25) is 0 Å². The third kappa shape index (κ3) is 3.85. The highest BCUT2D eigenvalue weighted by molar-refractivity contribution is 5.80. The van der Waals surface area contributed by atoms with E-state index in [-0.39, 0.29) is 0 Å². The van der Waals surface area contributed by atoms with Crippen LogP contribution in [-0.4, -0.2) is 80.6 Å². The van der Waals surface area contributed by atoms with Gasteiger partial charge in [-0.2, -0.15) is 0 Å². The molecule has 1 aromatic carbocycles. The van der Waals surface area contributed by atoms with E-state index in [9.17, 15) is 0 Å². The minimum atomic E-state index is 0.544. The number of nitrogens with zero attached hydrogens (tertiary/aromatic N) is 4. The molecule has 5 heteroatoms. The molecule has 1 N–H and O–H groups in total. The molecule has 0 bridgehead atoms. The Hall–Kier alpha value is -1.59. The zero-order valence-corrected chi connectivity index (χ0v) is 14.6. The summed E-state index contributed by atoms with van der Waals surface area (Å²) < 4.78 is 0. The summed E-state index contributed by atoms with van der Waals surface area (Å²) in [5.41, 5.74) is 2.91. The lowest BCUT2D eigenvalue weighted by atomic mass is 10.0. The minimum absolute atomic E-state index is 0.544. The highest BCUT2D eigenvalue weighted by atomic mass is 15.3. The second-order valence-corrected chi connectivity index (χ2v) is 6.77. The van der Waals surface area contributed by atoms with Crippen molar-refractivity contribution < 1.29 is 0 Å². The Morgan fingerprint density at radius 1 is 1.17 bits per heavy atom. The third-order valence-corrected chi connectivity index (χ3v) is 5.12. The first-order valence-electron chi connectivity index (χ1n) is 8.58. The molecule has 1 fully saturated rings. The predicted octanol–water partition coefficient (Wildman–Crippen LogP) is 0.866. The number of hydrogen-bond donors (Lipinski definition) is 1. The third-order valence-electron chi connectivity index (χ3n) is 5.12. The minimum Gasteiger partial charge on any atom is -0.355 e. The SMILES string of the molecule is CN=C(NCC1CN(C)CCN1C)N1CCc2ccccc2C1. The summed E-state index contributed by atoms with van der Waals surface area (Å²) in [4.78, 5) is 11.7. The van der Waals surface area contributed by atoms with E-state index in [1.54, 1.807) is 0 Å². The van der Waals surface area contributed by atoms with E-state index >= 15 is 0 Å². The van der Waals surface area contributed by atoms with Crippen molar-refractivity contribution in [2.75, 3.05) is 53.9 Å². The van der Waals surface area contributed by atoms with Crippen molar-refractivity contribution in [1.29, 1.82) is 0 Å². The van der Waals surface area contributed by atoms with E-state index in [1.165, 1.54) is 11.1 Å². The van der Waals surface area contributed by atoms with Gasteiger partial charge in [-0.15, -0.1) is 0 Å². The van der Waals surface area contributed by atoms with Gasteiger partial charge in [-0.3, -0.25) is 9.89 Å². The Balaban J connectivity index is 1.58. The van der Waals surface area contributed by atoms with Crippen molar-refractivity contribution >= 4 is 5.96 Å². The zero-order valence-electron chi connectivity index (χ0n) is 14.6. The number of fused-ring (bicyclic) bond motifs is 1. The van der Waals surface area contributed by atoms with E-state index in [4.69, 9.17) is 0 Å². The average Bonchev–Trinajstić information content (AvgIpc) is 2.58. The Bertz CT molecular complexity index is 556. The van der Waals surface area contributed by atoms with Crippen molar-refractivity contribution in [2.24, 2.45) is 4.99 Å². The molecule has 1 unspecified atom stereocenters. The molecule has 0 saturated carbocycles. The van der Waals surface area contributed by atoms with Crippen LogP contribution in [0.15, 0.2) is 29.3 Å². The maximum absolute atomic E-state index is 4.51. The molecule has 0 radical (unpaired) electrons. The van der Waals surface area contributed by atoms with Crippen LogP contribution in [0, 0.1) is 0 Å². The van der Waals surface area contributed by atoms with Gasteiger partial charge in [0.1, 0.15) is 0 Å². The number of nitrogens with one attached hydrogen (secondary N) is 1. The number of aliphatic imine (C=N–C) groups is 1. The Labute approximate surface area is 140 Å². The van der Waals surface area contributed by atoms with Gasteiger partial charge < -0.3 is 15.1 Å². The van der Waals surface area contributed by atoms with E-state index in [0.29, 0.717) is 6.04 Å². The van der Waals surface area contributed by atoms with Gasteiger partial charge in [-0.1, -0.05) is 24.3 Å². The molecule has 2 heterocycles. The molecule has 0 amide bonds. The van der Waals surface area contributed by atoms with Crippen LogP contribution in [0.25, 0.3) is 0 Å². The molecule has 2 aliphatic rings. The molecule has 1 atom stereocenters. The summed E-state index contributed by atoms with van der Waals surface area (Å²) >= 11 is 0. The Kier molecular flexibility index (Phi) is 5.18. The van der Waals surface area contributed by atoms with Crippen LogP contribution in [0.2, 0.25) is 0 Å². The van der Waals surface area contributed by atoms with Crippen LogP contribution in [-0.2, 0) is 13.0 Å². The molecule has 3 rings (SSSR count). The molecule has 1 aromatic rings. The van der Waals surface area contributed by atoms with Crippen LogP contribution in [0.3, 0.4) is 0 Å². The first-order valence-corrected chi connectivity index (χ1v) is 8.58.